The Morgan fingerprint density at radius 1 is 0.827 bits per heavy atom. The van der Waals surface area contributed by atoms with E-state index in [1.807, 2.05) is 0 Å². The zero-order valence-corrected chi connectivity index (χ0v) is 41.1. The fourth-order valence-electron chi connectivity index (χ4n) is 9.50. The molecule has 3 aliphatic carbocycles. The van der Waals surface area contributed by atoms with Crippen LogP contribution in [0.3, 0.4) is 0 Å². The molecule has 0 aromatic carbocycles. The van der Waals surface area contributed by atoms with Crippen molar-refractivity contribution in [3.8, 4) is 11.8 Å². The molecule has 0 heterocycles. The van der Waals surface area contributed by atoms with Crippen LogP contribution in [0.1, 0.15) is 162 Å². The highest BCUT2D eigenvalue weighted by molar-refractivity contribution is 6.74. The highest BCUT2D eigenvalue weighted by Crippen LogP contribution is 2.59. The van der Waals surface area contributed by atoms with Crippen LogP contribution < -0.4 is 0 Å². The summed E-state index contributed by atoms with van der Waals surface area (Å²) in [5.41, 5.74) is 5.95. The Bertz CT molecular complexity index is 1330. The molecule has 0 aromatic heterocycles. The van der Waals surface area contributed by atoms with Crippen LogP contribution in [0.2, 0.25) is 54.4 Å². The normalized spacial score (nSPS) is 27.4. The van der Waals surface area contributed by atoms with E-state index in [1.54, 1.807) is 0 Å². The first-order valence-electron chi connectivity index (χ1n) is 21.6. The van der Waals surface area contributed by atoms with Gasteiger partial charge in [0.1, 0.15) is 0 Å². The summed E-state index contributed by atoms with van der Waals surface area (Å²) in [6.45, 7) is 45.3. The lowest BCUT2D eigenvalue weighted by Crippen LogP contribution is -2.49. The van der Waals surface area contributed by atoms with E-state index in [0.717, 1.165) is 24.7 Å². The van der Waals surface area contributed by atoms with Crippen LogP contribution in [-0.2, 0) is 13.3 Å². The molecule has 3 rings (SSSR count). The van der Waals surface area contributed by atoms with Crippen molar-refractivity contribution >= 4 is 25.0 Å². The largest absolute Gasteiger partial charge is 0.413 e. The average molecular weight is 771 g/mol. The van der Waals surface area contributed by atoms with Crippen LogP contribution in [0.25, 0.3) is 0 Å². The second-order valence-corrected chi connectivity index (χ2v) is 35.8. The highest BCUT2D eigenvalue weighted by atomic mass is 28.4. The highest BCUT2D eigenvalue weighted by Gasteiger charge is 2.51. The van der Waals surface area contributed by atoms with Crippen molar-refractivity contribution in [1.82, 2.24) is 0 Å². The Kier molecular flexibility index (Phi) is 15.0. The van der Waals surface area contributed by atoms with Crippen molar-refractivity contribution in [2.75, 3.05) is 0 Å². The molecule has 1 fully saturated rings. The minimum absolute atomic E-state index is 0.0149. The SMILES string of the molecule is CC[Si](CC)(CC)OC(C)(C)CCC[C@@H](C)[C@H]1CC[C@H]2C(C#CC3=C(C)[C@@H](O[Si](C)(C)C(C)(C)C)C[C@H](O[Si](C)(C)C(C)(C)C)C3)=C(C)CC[C@]12C. The number of hydrogen-bond acceptors (Lipinski definition) is 3. The summed E-state index contributed by atoms with van der Waals surface area (Å²) in [4.78, 5) is 0. The molecule has 3 aliphatic rings. The summed E-state index contributed by atoms with van der Waals surface area (Å²) in [5, 5.41) is 0.333. The second-order valence-electron chi connectivity index (χ2n) is 21.6. The van der Waals surface area contributed by atoms with Gasteiger partial charge >= 0.3 is 0 Å². The van der Waals surface area contributed by atoms with E-state index in [0.29, 0.717) is 11.3 Å². The Hall–Kier alpha value is -0.429. The topological polar surface area (TPSA) is 27.7 Å². The van der Waals surface area contributed by atoms with Crippen molar-refractivity contribution in [2.45, 2.75) is 234 Å². The summed E-state index contributed by atoms with van der Waals surface area (Å²) in [6, 6.07) is 3.69. The minimum Gasteiger partial charge on any atom is -0.413 e. The van der Waals surface area contributed by atoms with E-state index >= 15 is 0 Å². The van der Waals surface area contributed by atoms with E-state index in [9.17, 15) is 0 Å². The number of rotatable bonds is 14. The second kappa shape index (κ2) is 17.0. The van der Waals surface area contributed by atoms with Gasteiger partial charge in [-0.2, -0.15) is 0 Å². The molecule has 1 saturated carbocycles. The van der Waals surface area contributed by atoms with Gasteiger partial charge in [0, 0.05) is 24.0 Å². The zero-order chi connectivity index (χ0) is 39.7. The third kappa shape index (κ3) is 10.5. The van der Waals surface area contributed by atoms with Crippen molar-refractivity contribution in [1.29, 1.82) is 0 Å². The lowest BCUT2D eigenvalue weighted by atomic mass is 9.61. The third-order valence-corrected chi connectivity index (χ3v) is 29.4. The number of fused-ring (bicyclic) bond motifs is 1. The van der Waals surface area contributed by atoms with Gasteiger partial charge in [-0.05, 0) is 143 Å². The van der Waals surface area contributed by atoms with Gasteiger partial charge in [0.15, 0.2) is 25.0 Å². The molecular formula is C46H86O3Si3. The van der Waals surface area contributed by atoms with Crippen molar-refractivity contribution in [3.05, 3.63) is 22.3 Å². The number of hydrogen-bond donors (Lipinski definition) is 0. The Morgan fingerprint density at radius 2 is 1.38 bits per heavy atom. The molecule has 6 atom stereocenters. The molecule has 0 N–H and O–H groups in total. The molecule has 0 radical (unpaired) electrons. The van der Waals surface area contributed by atoms with E-state index in [-0.39, 0.29) is 27.9 Å². The molecule has 52 heavy (non-hydrogen) atoms. The summed E-state index contributed by atoms with van der Waals surface area (Å²) in [7, 11) is -5.53. The Labute approximate surface area is 328 Å². The molecule has 3 nitrogen and oxygen atoms in total. The van der Waals surface area contributed by atoms with E-state index in [4.69, 9.17) is 13.3 Å². The molecule has 0 aromatic rings. The molecule has 0 aliphatic heterocycles. The predicted octanol–water partition coefficient (Wildman–Crippen LogP) is 14.6. The minimum atomic E-state index is -1.98. The maximum Gasteiger partial charge on any atom is 0.192 e. The van der Waals surface area contributed by atoms with Crippen molar-refractivity contribution in [3.63, 3.8) is 0 Å². The first kappa shape index (κ1) is 46.0. The average Bonchev–Trinajstić information content (AvgIpc) is 3.37. The smallest absolute Gasteiger partial charge is 0.192 e. The Balaban J connectivity index is 1.84. The van der Waals surface area contributed by atoms with Gasteiger partial charge in [0.2, 0.25) is 0 Å². The van der Waals surface area contributed by atoms with Gasteiger partial charge < -0.3 is 13.3 Å². The first-order chi connectivity index (χ1) is 23.7. The van der Waals surface area contributed by atoms with E-state index in [1.165, 1.54) is 85.4 Å². The lowest BCUT2D eigenvalue weighted by Gasteiger charge is -2.45. The lowest BCUT2D eigenvalue weighted by molar-refractivity contribution is 0.0732. The van der Waals surface area contributed by atoms with Crippen molar-refractivity contribution < 1.29 is 13.3 Å². The van der Waals surface area contributed by atoms with E-state index < -0.39 is 25.0 Å². The Morgan fingerprint density at radius 3 is 1.92 bits per heavy atom. The zero-order valence-electron chi connectivity index (χ0n) is 38.1. The molecule has 0 spiro atoms. The van der Waals surface area contributed by atoms with Crippen LogP contribution in [0.5, 0.6) is 0 Å². The molecule has 300 valence electrons. The molecular weight excluding hydrogens is 685 g/mol. The van der Waals surface area contributed by atoms with E-state index in [2.05, 4.69) is 142 Å². The third-order valence-electron chi connectivity index (χ3n) is 15.5. The van der Waals surface area contributed by atoms with Gasteiger partial charge in [0.25, 0.3) is 0 Å². The van der Waals surface area contributed by atoms with Crippen LogP contribution in [0, 0.1) is 35.0 Å². The quantitative estimate of drug-likeness (QED) is 0.130. The van der Waals surface area contributed by atoms with Crippen LogP contribution in [-0.4, -0.2) is 42.8 Å². The summed E-state index contributed by atoms with van der Waals surface area (Å²) < 4.78 is 21.3. The monoisotopic (exact) mass is 771 g/mol. The van der Waals surface area contributed by atoms with Crippen LogP contribution >= 0.6 is 0 Å². The molecule has 0 saturated heterocycles. The van der Waals surface area contributed by atoms with Crippen molar-refractivity contribution in [2.24, 2.45) is 23.2 Å². The standard InChI is InChI=1S/C46H86O3Si3/c1-20-52(21-2,22-3)49-45(13,14)30-23-24-35(5)40-27-28-41-39(34(4)29-31-46(40,41)15)26-25-37-32-38(47-50(16,17)43(7,8)9)33-42(36(37)6)48-51(18,19)44(10,11)12/h35,38,40-42H,20-24,27-33H2,1-19H3/t35-,38-,40-,41+,42+,46-/m1/s1. The molecule has 0 bridgehead atoms. The van der Waals surface area contributed by atoms with Gasteiger partial charge in [0.05, 0.1) is 17.8 Å². The number of allylic oxidation sites excluding steroid dienone is 2. The van der Waals surface area contributed by atoms with Crippen LogP contribution in [0.4, 0.5) is 0 Å². The van der Waals surface area contributed by atoms with Crippen LogP contribution in [0.15, 0.2) is 22.3 Å². The van der Waals surface area contributed by atoms with Gasteiger partial charge in [-0.1, -0.05) is 106 Å². The molecule has 0 unspecified atom stereocenters. The van der Waals surface area contributed by atoms with Gasteiger partial charge in [-0.3, -0.25) is 0 Å². The first-order valence-corrected chi connectivity index (χ1v) is 30.0. The summed E-state index contributed by atoms with van der Waals surface area (Å²) in [6.07, 6.45) is 10.9. The maximum absolute atomic E-state index is 7.18. The van der Waals surface area contributed by atoms with Gasteiger partial charge in [-0.15, -0.1) is 0 Å². The molecule has 0 amide bonds. The molecule has 6 heteroatoms. The fourth-order valence-corrected chi connectivity index (χ4v) is 15.4. The van der Waals surface area contributed by atoms with Gasteiger partial charge in [-0.25, -0.2) is 0 Å². The maximum atomic E-state index is 7.18. The fraction of sp³-hybridized carbons (Fsp3) is 0.870. The summed E-state index contributed by atoms with van der Waals surface area (Å²) >= 11 is 0. The predicted molar refractivity (Wildman–Crippen MR) is 235 cm³/mol. The summed E-state index contributed by atoms with van der Waals surface area (Å²) in [5.74, 6) is 9.87.